The molecule has 0 radical (unpaired) electrons. The Labute approximate surface area is 254 Å². The van der Waals surface area contributed by atoms with E-state index in [9.17, 15) is 0 Å². The number of nitrogens with zero attached hydrogens (tertiary/aromatic N) is 9. The van der Waals surface area contributed by atoms with Gasteiger partial charge in [-0.2, -0.15) is 10.2 Å². The van der Waals surface area contributed by atoms with E-state index in [2.05, 4.69) is 52.0 Å². The summed E-state index contributed by atoms with van der Waals surface area (Å²) in [5, 5.41) is 28.3. The quantitative estimate of drug-likeness (QED) is 0.103. The molecule has 208 valence electrons. The molecule has 42 heavy (non-hydrogen) atoms. The smallest absolute Gasteiger partial charge is 0.205 e. The van der Waals surface area contributed by atoms with Crippen molar-refractivity contribution in [2.24, 2.45) is 15.3 Å². The van der Waals surface area contributed by atoms with Gasteiger partial charge in [-0.05, 0) is 69.3 Å². The maximum Gasteiger partial charge on any atom is 0.205 e. The molecule has 0 saturated heterocycles. The molecule has 10 nitrogen and oxygen atoms in total. The van der Waals surface area contributed by atoms with Crippen molar-refractivity contribution in [1.29, 1.82) is 0 Å². The number of rotatable bonds is 8. The molecule has 0 fully saturated rings. The summed E-state index contributed by atoms with van der Waals surface area (Å²) in [5.41, 5.74) is 10.5. The first-order chi connectivity index (χ1) is 20.4. The van der Waals surface area contributed by atoms with Crippen LogP contribution in [0.1, 0.15) is 22.5 Å². The minimum Gasteiger partial charge on any atom is -0.253 e. The molecule has 0 saturated carbocycles. The molecule has 0 bridgehead atoms. The summed E-state index contributed by atoms with van der Waals surface area (Å²) in [4.78, 5) is 4.55. The lowest BCUT2D eigenvalue weighted by atomic mass is 10.2. The van der Waals surface area contributed by atoms with Crippen molar-refractivity contribution in [3.8, 4) is 22.8 Å². The lowest BCUT2D eigenvalue weighted by Crippen LogP contribution is -1.99. The summed E-state index contributed by atoms with van der Waals surface area (Å²) in [7, 11) is 0. The van der Waals surface area contributed by atoms with Gasteiger partial charge >= 0.3 is 0 Å². The number of hydrogen-bond donors (Lipinski definition) is 1. The monoisotopic (exact) mass is 636 g/mol. The summed E-state index contributed by atoms with van der Waals surface area (Å²) in [6.45, 7) is 5.91. The third kappa shape index (κ3) is 5.94. The Balaban J connectivity index is 1.28. The number of azo groups is 1. The van der Waals surface area contributed by atoms with Gasteiger partial charge in [-0.25, -0.2) is 14.3 Å². The predicted molar refractivity (Wildman–Crippen MR) is 170 cm³/mol. The number of hydrogen-bond acceptors (Lipinski definition) is 9. The van der Waals surface area contributed by atoms with Gasteiger partial charge in [-0.15, -0.1) is 15.3 Å². The van der Waals surface area contributed by atoms with Gasteiger partial charge in [0.1, 0.15) is 11.4 Å². The van der Waals surface area contributed by atoms with Crippen LogP contribution in [-0.4, -0.2) is 36.0 Å². The van der Waals surface area contributed by atoms with Crippen molar-refractivity contribution >= 4 is 49.3 Å². The summed E-state index contributed by atoms with van der Waals surface area (Å²) < 4.78 is 4.60. The van der Waals surface area contributed by atoms with Crippen LogP contribution in [0.2, 0.25) is 0 Å². The second-order valence-electron chi connectivity index (χ2n) is 9.44. The van der Waals surface area contributed by atoms with Crippen LogP contribution >= 0.6 is 27.3 Å². The van der Waals surface area contributed by atoms with Crippen LogP contribution in [0.25, 0.3) is 22.8 Å². The van der Waals surface area contributed by atoms with Crippen LogP contribution in [0, 0.1) is 20.8 Å². The molecule has 3 aromatic carbocycles. The van der Waals surface area contributed by atoms with E-state index in [0.717, 1.165) is 38.5 Å². The summed E-state index contributed by atoms with van der Waals surface area (Å²) >= 11 is 4.86. The second kappa shape index (κ2) is 12.0. The number of para-hydroxylation sites is 1. The Morgan fingerprint density at radius 1 is 0.857 bits per heavy atom. The van der Waals surface area contributed by atoms with Gasteiger partial charge in [0.2, 0.25) is 5.13 Å². The number of benzene rings is 3. The van der Waals surface area contributed by atoms with E-state index in [-0.39, 0.29) is 0 Å². The maximum atomic E-state index is 4.87. The minimum absolute atomic E-state index is 0.607. The molecule has 0 aliphatic carbocycles. The van der Waals surface area contributed by atoms with Crippen molar-refractivity contribution in [3.63, 3.8) is 0 Å². The highest BCUT2D eigenvalue weighted by molar-refractivity contribution is 9.10. The number of hydrazone groups is 1. The zero-order valence-electron chi connectivity index (χ0n) is 23.0. The van der Waals surface area contributed by atoms with Gasteiger partial charge in [0.15, 0.2) is 5.00 Å². The van der Waals surface area contributed by atoms with E-state index in [1.807, 2.05) is 111 Å². The molecule has 6 rings (SSSR count). The van der Waals surface area contributed by atoms with Crippen LogP contribution in [-0.2, 0) is 0 Å². The van der Waals surface area contributed by atoms with Crippen LogP contribution in [0.4, 0.5) is 15.8 Å². The zero-order valence-corrected chi connectivity index (χ0v) is 25.4. The fraction of sp³-hybridized carbons (Fsp3) is 0.100. The van der Waals surface area contributed by atoms with E-state index >= 15 is 0 Å². The third-order valence-electron chi connectivity index (χ3n) is 6.38. The number of thiazole rings is 1. The summed E-state index contributed by atoms with van der Waals surface area (Å²) in [6, 6.07) is 25.7. The van der Waals surface area contributed by atoms with Gasteiger partial charge in [0.05, 0.1) is 34.7 Å². The molecule has 1 N–H and O–H groups in total. The van der Waals surface area contributed by atoms with Crippen LogP contribution in [0.15, 0.2) is 105 Å². The molecule has 3 heterocycles. The highest BCUT2D eigenvalue weighted by Gasteiger charge is 2.19. The lowest BCUT2D eigenvalue weighted by Gasteiger charge is -2.03. The third-order valence-corrected chi connectivity index (χ3v) is 7.85. The fourth-order valence-electron chi connectivity index (χ4n) is 4.15. The molecule has 0 unspecified atom stereocenters. The van der Waals surface area contributed by atoms with Crippen molar-refractivity contribution in [2.75, 3.05) is 5.43 Å². The standard InChI is InChI=1S/C30H25BrN10S/c1-19-9-13-24(14-10-19)34-36-29-20(2)33-30(42-29)37-32-17-22-18-40(25-7-5-4-6-8-25)38-28(22)27-21(3)41(39-35-27)26-15-11-23(31)12-16-26/h4-18H,1-3H3,(H,33,37)/b32-17+,36-34?. The zero-order chi connectivity index (χ0) is 29.1. The Hall–Kier alpha value is -4.81. The topological polar surface area (TPSA) is 111 Å². The number of anilines is 1. The minimum atomic E-state index is 0.607. The van der Waals surface area contributed by atoms with E-state index in [1.54, 1.807) is 10.9 Å². The van der Waals surface area contributed by atoms with Crippen molar-refractivity contribution < 1.29 is 0 Å². The number of halogens is 1. The Morgan fingerprint density at radius 3 is 2.38 bits per heavy atom. The first-order valence-electron chi connectivity index (χ1n) is 13.0. The van der Waals surface area contributed by atoms with Crippen LogP contribution in [0.5, 0.6) is 0 Å². The Kier molecular flexibility index (Phi) is 7.80. The number of aryl methyl sites for hydroxylation is 2. The average molecular weight is 638 g/mol. The van der Waals surface area contributed by atoms with Gasteiger partial charge in [-0.1, -0.05) is 68.4 Å². The molecule has 0 aliphatic rings. The van der Waals surface area contributed by atoms with E-state index in [4.69, 9.17) is 5.10 Å². The highest BCUT2D eigenvalue weighted by atomic mass is 79.9. The molecule has 0 atom stereocenters. The molecule has 12 heteroatoms. The highest BCUT2D eigenvalue weighted by Crippen LogP contribution is 2.32. The average Bonchev–Trinajstić information content (AvgIpc) is 3.70. The van der Waals surface area contributed by atoms with E-state index < -0.39 is 0 Å². The van der Waals surface area contributed by atoms with Crippen molar-refractivity contribution in [3.05, 3.63) is 112 Å². The van der Waals surface area contributed by atoms with Crippen LogP contribution < -0.4 is 5.43 Å². The van der Waals surface area contributed by atoms with Crippen molar-refractivity contribution in [2.45, 2.75) is 20.8 Å². The van der Waals surface area contributed by atoms with E-state index in [0.29, 0.717) is 21.5 Å². The summed E-state index contributed by atoms with van der Waals surface area (Å²) in [6.07, 6.45) is 3.63. The molecular formula is C30H25BrN10S. The lowest BCUT2D eigenvalue weighted by molar-refractivity contribution is 0.785. The van der Waals surface area contributed by atoms with E-state index in [1.165, 1.54) is 16.9 Å². The normalized spacial score (nSPS) is 11.6. The first-order valence-corrected chi connectivity index (χ1v) is 14.6. The number of aromatic nitrogens is 6. The Bertz CT molecular complexity index is 1890. The second-order valence-corrected chi connectivity index (χ2v) is 11.3. The molecule has 0 aliphatic heterocycles. The van der Waals surface area contributed by atoms with Crippen molar-refractivity contribution in [1.82, 2.24) is 29.8 Å². The molecule has 3 aromatic heterocycles. The SMILES string of the molecule is Cc1ccc(N=Nc2sc(N/N=C/c3cn(-c4ccccc4)nc3-c3nnn(-c4ccc(Br)cc4)c3C)nc2C)cc1. The molecular weight excluding hydrogens is 612 g/mol. The maximum absolute atomic E-state index is 4.87. The van der Waals surface area contributed by atoms with Gasteiger partial charge in [0.25, 0.3) is 0 Å². The van der Waals surface area contributed by atoms with Gasteiger partial charge in [0, 0.05) is 16.2 Å². The number of nitrogens with one attached hydrogen (secondary N) is 1. The summed E-state index contributed by atoms with van der Waals surface area (Å²) in [5.74, 6) is 0. The predicted octanol–water partition coefficient (Wildman–Crippen LogP) is 8.13. The van der Waals surface area contributed by atoms with Crippen LogP contribution in [0.3, 0.4) is 0 Å². The molecule has 0 spiro atoms. The van der Waals surface area contributed by atoms with Gasteiger partial charge in [-0.3, -0.25) is 5.43 Å². The molecule has 0 amide bonds. The Morgan fingerprint density at radius 2 is 1.62 bits per heavy atom. The first kappa shape index (κ1) is 27.4. The van der Waals surface area contributed by atoms with Gasteiger partial charge < -0.3 is 0 Å². The molecule has 6 aromatic rings. The fourth-order valence-corrected chi connectivity index (χ4v) is 5.16. The largest absolute Gasteiger partial charge is 0.253 e.